The van der Waals surface area contributed by atoms with Crippen LogP contribution in [-0.2, 0) is 4.74 Å². The van der Waals surface area contributed by atoms with Crippen LogP contribution in [0, 0.1) is 0 Å². The first-order chi connectivity index (χ1) is 15.7. The maximum absolute atomic E-state index is 13.1. The van der Waals surface area contributed by atoms with Gasteiger partial charge < -0.3 is 14.5 Å². The second kappa shape index (κ2) is 8.32. The molecule has 0 saturated carbocycles. The van der Waals surface area contributed by atoms with Gasteiger partial charge in [-0.2, -0.15) is 0 Å². The van der Waals surface area contributed by atoms with Crippen molar-refractivity contribution in [3.63, 3.8) is 0 Å². The smallest absolute Gasteiger partial charge is 0.341 e. The molecule has 0 spiro atoms. The Balaban J connectivity index is 1.52. The molecule has 0 bridgehead atoms. The Labute approximate surface area is 188 Å². The zero-order chi connectivity index (χ0) is 22.1. The standard InChI is InChI=1S/C26H19NO4S/c1-2-30-26(29)23-20(16-8-4-3-5-9-16)15-32-25(23)27-24(28)17-12-13-22-19(14-17)18-10-6-7-11-21(18)31-22/h3-15H,2H2,1H3,(H,27,28). The number of furan rings is 1. The van der Waals surface area contributed by atoms with Crippen LogP contribution in [0.15, 0.2) is 82.6 Å². The van der Waals surface area contributed by atoms with E-state index in [-0.39, 0.29) is 12.5 Å². The van der Waals surface area contributed by atoms with Gasteiger partial charge in [0.05, 0.1) is 6.61 Å². The van der Waals surface area contributed by atoms with E-state index in [0.29, 0.717) is 16.1 Å². The van der Waals surface area contributed by atoms with Crippen LogP contribution < -0.4 is 5.32 Å². The van der Waals surface area contributed by atoms with Crippen LogP contribution in [0.4, 0.5) is 5.00 Å². The average molecular weight is 442 g/mol. The number of para-hydroxylation sites is 1. The van der Waals surface area contributed by atoms with Crippen molar-refractivity contribution in [2.45, 2.75) is 6.92 Å². The van der Waals surface area contributed by atoms with Crippen LogP contribution in [0.5, 0.6) is 0 Å². The van der Waals surface area contributed by atoms with E-state index in [1.54, 1.807) is 19.1 Å². The molecule has 0 aliphatic carbocycles. The number of amides is 1. The molecule has 0 aliphatic heterocycles. The molecule has 1 N–H and O–H groups in total. The summed E-state index contributed by atoms with van der Waals surface area (Å²) in [7, 11) is 0. The largest absolute Gasteiger partial charge is 0.462 e. The quantitative estimate of drug-likeness (QED) is 0.307. The Morgan fingerprint density at radius 1 is 0.938 bits per heavy atom. The van der Waals surface area contributed by atoms with E-state index in [1.165, 1.54) is 11.3 Å². The highest BCUT2D eigenvalue weighted by Crippen LogP contribution is 2.37. The lowest BCUT2D eigenvalue weighted by Crippen LogP contribution is -2.14. The first-order valence-electron chi connectivity index (χ1n) is 10.2. The second-order valence-corrected chi connectivity index (χ2v) is 8.08. The van der Waals surface area contributed by atoms with Gasteiger partial charge in [0.2, 0.25) is 0 Å². The fourth-order valence-corrected chi connectivity index (χ4v) is 4.68. The minimum atomic E-state index is -0.459. The molecular weight excluding hydrogens is 422 g/mol. The molecule has 5 nitrogen and oxygen atoms in total. The number of nitrogens with one attached hydrogen (secondary N) is 1. The van der Waals surface area contributed by atoms with Gasteiger partial charge in [-0.3, -0.25) is 4.79 Å². The van der Waals surface area contributed by atoms with E-state index in [2.05, 4.69) is 5.32 Å². The van der Waals surface area contributed by atoms with Gasteiger partial charge in [0.25, 0.3) is 5.91 Å². The summed E-state index contributed by atoms with van der Waals surface area (Å²) in [4.78, 5) is 25.9. The van der Waals surface area contributed by atoms with Gasteiger partial charge in [-0.25, -0.2) is 4.79 Å². The summed E-state index contributed by atoms with van der Waals surface area (Å²) in [5.41, 5.74) is 3.96. The third kappa shape index (κ3) is 3.55. The van der Waals surface area contributed by atoms with Crippen molar-refractivity contribution in [3.05, 3.63) is 89.3 Å². The third-order valence-electron chi connectivity index (χ3n) is 5.22. The zero-order valence-corrected chi connectivity index (χ0v) is 18.1. The maximum atomic E-state index is 13.1. The predicted molar refractivity (Wildman–Crippen MR) is 127 cm³/mol. The molecule has 5 rings (SSSR count). The number of hydrogen-bond acceptors (Lipinski definition) is 5. The van der Waals surface area contributed by atoms with Crippen molar-refractivity contribution in [1.82, 2.24) is 0 Å². The minimum absolute atomic E-state index is 0.251. The Morgan fingerprint density at radius 2 is 1.69 bits per heavy atom. The van der Waals surface area contributed by atoms with Crippen LogP contribution in [0.2, 0.25) is 0 Å². The molecule has 3 aromatic carbocycles. The van der Waals surface area contributed by atoms with E-state index in [1.807, 2.05) is 66.0 Å². The highest BCUT2D eigenvalue weighted by Gasteiger charge is 2.23. The summed E-state index contributed by atoms with van der Waals surface area (Å²) in [5.74, 6) is -0.761. The summed E-state index contributed by atoms with van der Waals surface area (Å²) >= 11 is 1.30. The predicted octanol–water partition coefficient (Wildman–Crippen LogP) is 6.74. The lowest BCUT2D eigenvalue weighted by atomic mass is 10.0. The zero-order valence-electron chi connectivity index (χ0n) is 17.3. The second-order valence-electron chi connectivity index (χ2n) is 7.20. The Hall–Kier alpha value is -3.90. The summed E-state index contributed by atoms with van der Waals surface area (Å²) in [6, 6.07) is 22.6. The number of rotatable bonds is 5. The number of thiophene rings is 1. The number of anilines is 1. The first kappa shape index (κ1) is 20.0. The molecule has 1 amide bonds. The molecule has 0 aliphatic rings. The molecule has 0 unspecified atom stereocenters. The molecule has 5 aromatic rings. The number of hydrogen-bond donors (Lipinski definition) is 1. The van der Waals surface area contributed by atoms with Gasteiger partial charge in [0, 0.05) is 27.3 Å². The highest BCUT2D eigenvalue weighted by atomic mass is 32.1. The van der Waals surface area contributed by atoms with E-state index >= 15 is 0 Å². The van der Waals surface area contributed by atoms with Crippen molar-refractivity contribution in [1.29, 1.82) is 0 Å². The fraction of sp³-hybridized carbons (Fsp3) is 0.0769. The molecule has 158 valence electrons. The van der Waals surface area contributed by atoms with E-state index in [4.69, 9.17) is 9.15 Å². The third-order valence-corrected chi connectivity index (χ3v) is 6.12. The molecule has 2 aromatic heterocycles. The van der Waals surface area contributed by atoms with Crippen LogP contribution in [0.3, 0.4) is 0 Å². The number of esters is 1. The van der Waals surface area contributed by atoms with E-state index < -0.39 is 5.97 Å². The monoisotopic (exact) mass is 441 g/mol. The highest BCUT2D eigenvalue weighted by molar-refractivity contribution is 7.15. The van der Waals surface area contributed by atoms with Gasteiger partial charge in [0.15, 0.2) is 0 Å². The Morgan fingerprint density at radius 3 is 2.50 bits per heavy atom. The SMILES string of the molecule is CCOC(=O)c1c(-c2ccccc2)csc1NC(=O)c1ccc2oc3ccccc3c2c1. The maximum Gasteiger partial charge on any atom is 0.341 e. The summed E-state index contributed by atoms with van der Waals surface area (Å²) in [6.45, 7) is 2.01. The van der Waals surface area contributed by atoms with E-state index in [9.17, 15) is 9.59 Å². The molecule has 6 heteroatoms. The van der Waals surface area contributed by atoms with Crippen molar-refractivity contribution in [2.24, 2.45) is 0 Å². The van der Waals surface area contributed by atoms with Crippen molar-refractivity contribution in [3.8, 4) is 11.1 Å². The first-order valence-corrected chi connectivity index (χ1v) is 11.1. The molecule has 0 radical (unpaired) electrons. The van der Waals surface area contributed by atoms with Crippen LogP contribution >= 0.6 is 11.3 Å². The van der Waals surface area contributed by atoms with Gasteiger partial charge in [-0.1, -0.05) is 48.5 Å². The molecule has 0 atom stereocenters. The van der Waals surface area contributed by atoms with Crippen LogP contribution in [0.1, 0.15) is 27.6 Å². The van der Waals surface area contributed by atoms with E-state index in [0.717, 1.165) is 33.1 Å². The van der Waals surface area contributed by atoms with Gasteiger partial charge in [0.1, 0.15) is 21.7 Å². The topological polar surface area (TPSA) is 68.5 Å². The Bertz CT molecular complexity index is 1450. The van der Waals surface area contributed by atoms with Gasteiger partial charge in [-0.15, -0.1) is 11.3 Å². The van der Waals surface area contributed by atoms with Crippen molar-refractivity contribution in [2.75, 3.05) is 11.9 Å². The van der Waals surface area contributed by atoms with Crippen molar-refractivity contribution < 1.29 is 18.7 Å². The fourth-order valence-electron chi connectivity index (χ4n) is 3.73. The average Bonchev–Trinajstić information content (AvgIpc) is 3.40. The molecule has 0 saturated heterocycles. The molecular formula is C26H19NO4S. The molecule has 32 heavy (non-hydrogen) atoms. The normalized spacial score (nSPS) is 11.0. The number of benzene rings is 3. The molecule has 0 fully saturated rings. The minimum Gasteiger partial charge on any atom is -0.462 e. The van der Waals surface area contributed by atoms with Gasteiger partial charge in [-0.05, 0) is 36.8 Å². The number of carbonyl (C=O) groups is 2. The lowest BCUT2D eigenvalue weighted by Gasteiger charge is -2.09. The summed E-state index contributed by atoms with van der Waals surface area (Å²) in [5, 5.41) is 7.06. The van der Waals surface area contributed by atoms with Crippen LogP contribution in [0.25, 0.3) is 33.1 Å². The number of fused-ring (bicyclic) bond motifs is 3. The van der Waals surface area contributed by atoms with Gasteiger partial charge >= 0.3 is 5.97 Å². The lowest BCUT2D eigenvalue weighted by molar-refractivity contribution is 0.0529. The number of ether oxygens (including phenoxy) is 1. The summed E-state index contributed by atoms with van der Waals surface area (Å²) in [6.07, 6.45) is 0. The van der Waals surface area contributed by atoms with Crippen molar-refractivity contribution >= 4 is 50.2 Å². The molecule has 2 heterocycles. The Kier molecular flexibility index (Phi) is 5.21. The number of carbonyl (C=O) groups excluding carboxylic acids is 2. The summed E-state index contributed by atoms with van der Waals surface area (Å²) < 4.78 is 11.1. The van der Waals surface area contributed by atoms with Crippen LogP contribution in [-0.4, -0.2) is 18.5 Å².